The van der Waals surface area contributed by atoms with E-state index in [0.29, 0.717) is 19.0 Å². The van der Waals surface area contributed by atoms with E-state index >= 15 is 0 Å². The molecular formula is C22H27N3O3. The van der Waals surface area contributed by atoms with Crippen molar-refractivity contribution in [2.24, 2.45) is 5.92 Å². The van der Waals surface area contributed by atoms with Gasteiger partial charge in [0.1, 0.15) is 5.75 Å². The molecule has 0 radical (unpaired) electrons. The van der Waals surface area contributed by atoms with Gasteiger partial charge in [-0.15, -0.1) is 0 Å². The lowest BCUT2D eigenvalue weighted by Gasteiger charge is -2.31. The van der Waals surface area contributed by atoms with Crippen LogP contribution in [-0.4, -0.2) is 34.8 Å². The Bertz CT molecular complexity index is 846. The molecule has 148 valence electrons. The van der Waals surface area contributed by atoms with Gasteiger partial charge >= 0.3 is 0 Å². The third-order valence-electron chi connectivity index (χ3n) is 4.92. The normalized spacial score (nSPS) is 16.5. The number of hydrogen-bond donors (Lipinski definition) is 1. The molecule has 0 spiro atoms. The van der Waals surface area contributed by atoms with Gasteiger partial charge in [-0.25, -0.2) is 4.98 Å². The fraction of sp³-hybridized carbons (Fsp3) is 0.409. The number of carbonyl (C=O) groups is 2. The molecule has 2 aromatic rings. The van der Waals surface area contributed by atoms with Crippen molar-refractivity contribution < 1.29 is 14.3 Å². The average Bonchev–Trinajstić information content (AvgIpc) is 2.65. The number of hydrogen-bond acceptors (Lipinski definition) is 4. The zero-order chi connectivity index (χ0) is 20.1. The molecule has 1 saturated heterocycles. The number of likely N-dealkylation sites (tertiary alicyclic amines) is 1. The summed E-state index contributed by atoms with van der Waals surface area (Å²) in [7, 11) is 0. The Morgan fingerprint density at radius 1 is 1.21 bits per heavy atom. The monoisotopic (exact) mass is 381 g/mol. The number of aryl methyl sites for hydroxylation is 2. The first-order valence-electron chi connectivity index (χ1n) is 9.65. The molecule has 0 unspecified atom stereocenters. The zero-order valence-electron chi connectivity index (χ0n) is 16.7. The van der Waals surface area contributed by atoms with E-state index in [1.807, 2.05) is 38.1 Å². The molecule has 0 bridgehead atoms. The minimum absolute atomic E-state index is 0.0143. The van der Waals surface area contributed by atoms with Crippen LogP contribution in [0.2, 0.25) is 0 Å². The van der Waals surface area contributed by atoms with Gasteiger partial charge in [-0.1, -0.05) is 6.07 Å². The summed E-state index contributed by atoms with van der Waals surface area (Å²) >= 11 is 0. The molecule has 6 heteroatoms. The lowest BCUT2D eigenvalue weighted by atomic mass is 9.97. The van der Waals surface area contributed by atoms with Crippen molar-refractivity contribution in [1.82, 2.24) is 15.2 Å². The van der Waals surface area contributed by atoms with E-state index in [-0.39, 0.29) is 17.7 Å². The Morgan fingerprint density at radius 3 is 2.68 bits per heavy atom. The van der Waals surface area contributed by atoms with Crippen LogP contribution < -0.4 is 10.1 Å². The van der Waals surface area contributed by atoms with Crippen LogP contribution in [-0.2, 0) is 16.1 Å². The average molecular weight is 381 g/mol. The summed E-state index contributed by atoms with van der Waals surface area (Å²) in [6, 6.07) is 9.71. The standard InChI is InChI=1S/C22H27N3O3/c1-15-9-16(2)11-20(10-15)28-21-12-18(6-7-23-21)13-24-22(27)19-5-4-8-25(14-19)17(3)26/h6-7,9-12,19H,4-5,8,13-14H2,1-3H3,(H,24,27)/t19-/m1/s1. The molecule has 1 aromatic carbocycles. The minimum Gasteiger partial charge on any atom is -0.439 e. The third kappa shape index (κ3) is 5.31. The predicted octanol–water partition coefficient (Wildman–Crippen LogP) is 3.37. The fourth-order valence-corrected chi connectivity index (χ4v) is 3.54. The summed E-state index contributed by atoms with van der Waals surface area (Å²) < 4.78 is 5.88. The van der Waals surface area contributed by atoms with Crippen molar-refractivity contribution >= 4 is 11.8 Å². The number of piperidine rings is 1. The number of aromatic nitrogens is 1. The van der Waals surface area contributed by atoms with Crippen LogP contribution in [0.4, 0.5) is 0 Å². The van der Waals surface area contributed by atoms with E-state index in [1.54, 1.807) is 18.0 Å². The van der Waals surface area contributed by atoms with Crippen molar-refractivity contribution in [3.8, 4) is 11.6 Å². The van der Waals surface area contributed by atoms with Gasteiger partial charge in [0.25, 0.3) is 0 Å². The van der Waals surface area contributed by atoms with Gasteiger partial charge in [-0.05, 0) is 61.6 Å². The van der Waals surface area contributed by atoms with Gasteiger partial charge in [-0.2, -0.15) is 0 Å². The van der Waals surface area contributed by atoms with Crippen LogP contribution in [0.25, 0.3) is 0 Å². The van der Waals surface area contributed by atoms with Crippen LogP contribution in [0, 0.1) is 19.8 Å². The number of rotatable bonds is 5. The Balaban J connectivity index is 1.58. The van der Waals surface area contributed by atoms with Crippen LogP contribution in [0.5, 0.6) is 11.6 Å². The molecule has 1 fully saturated rings. The van der Waals surface area contributed by atoms with Gasteiger partial charge in [0.05, 0.1) is 5.92 Å². The van der Waals surface area contributed by atoms with Crippen molar-refractivity contribution in [1.29, 1.82) is 0 Å². The molecule has 0 aliphatic carbocycles. The maximum Gasteiger partial charge on any atom is 0.225 e. The second kappa shape index (κ2) is 8.87. The van der Waals surface area contributed by atoms with E-state index in [4.69, 9.17) is 4.74 Å². The fourth-order valence-electron chi connectivity index (χ4n) is 3.54. The van der Waals surface area contributed by atoms with Gasteiger partial charge in [0.2, 0.25) is 17.7 Å². The number of benzene rings is 1. The second-order valence-electron chi connectivity index (χ2n) is 7.45. The number of carbonyl (C=O) groups excluding carboxylic acids is 2. The Labute approximate surface area is 165 Å². The summed E-state index contributed by atoms with van der Waals surface area (Å²) in [5.74, 6) is 1.11. The molecule has 1 atom stereocenters. The predicted molar refractivity (Wildman–Crippen MR) is 107 cm³/mol. The third-order valence-corrected chi connectivity index (χ3v) is 4.92. The summed E-state index contributed by atoms with van der Waals surface area (Å²) in [5.41, 5.74) is 3.18. The molecule has 2 amide bonds. The quantitative estimate of drug-likeness (QED) is 0.862. The van der Waals surface area contributed by atoms with E-state index in [0.717, 1.165) is 41.8 Å². The smallest absolute Gasteiger partial charge is 0.225 e. The molecule has 1 aromatic heterocycles. The van der Waals surface area contributed by atoms with Crippen molar-refractivity contribution in [2.75, 3.05) is 13.1 Å². The maximum absolute atomic E-state index is 12.5. The highest BCUT2D eigenvalue weighted by Gasteiger charge is 2.26. The molecule has 1 aliphatic rings. The van der Waals surface area contributed by atoms with Crippen LogP contribution in [0.3, 0.4) is 0 Å². The zero-order valence-corrected chi connectivity index (χ0v) is 16.7. The van der Waals surface area contributed by atoms with Crippen LogP contribution in [0.1, 0.15) is 36.5 Å². The molecule has 1 aliphatic heterocycles. The molecule has 1 N–H and O–H groups in total. The Kier molecular flexibility index (Phi) is 6.29. The maximum atomic E-state index is 12.5. The summed E-state index contributed by atoms with van der Waals surface area (Å²) in [4.78, 5) is 30.1. The Morgan fingerprint density at radius 2 is 1.96 bits per heavy atom. The van der Waals surface area contributed by atoms with Gasteiger partial charge in [0.15, 0.2) is 0 Å². The molecule has 28 heavy (non-hydrogen) atoms. The van der Waals surface area contributed by atoms with E-state index in [1.165, 1.54) is 0 Å². The first-order valence-corrected chi connectivity index (χ1v) is 9.65. The Hall–Kier alpha value is -2.89. The van der Waals surface area contributed by atoms with E-state index in [9.17, 15) is 9.59 Å². The highest BCUT2D eigenvalue weighted by atomic mass is 16.5. The molecule has 2 heterocycles. The van der Waals surface area contributed by atoms with Crippen LogP contribution >= 0.6 is 0 Å². The number of nitrogens with one attached hydrogen (secondary N) is 1. The first kappa shape index (κ1) is 19.9. The SMILES string of the molecule is CC(=O)N1CCC[C@@H](C(=O)NCc2ccnc(Oc3cc(C)cc(C)c3)c2)C1. The number of nitrogens with zero attached hydrogens (tertiary/aromatic N) is 2. The molecule has 6 nitrogen and oxygen atoms in total. The molecule has 3 rings (SSSR count). The lowest BCUT2D eigenvalue weighted by molar-refractivity contribution is -0.134. The number of pyridine rings is 1. The topological polar surface area (TPSA) is 71.5 Å². The van der Waals surface area contributed by atoms with Gasteiger partial charge in [-0.3, -0.25) is 9.59 Å². The van der Waals surface area contributed by atoms with Crippen molar-refractivity contribution in [3.63, 3.8) is 0 Å². The largest absolute Gasteiger partial charge is 0.439 e. The summed E-state index contributed by atoms with van der Waals surface area (Å²) in [6.45, 7) is 7.24. The van der Waals surface area contributed by atoms with Crippen molar-refractivity contribution in [2.45, 2.75) is 40.2 Å². The van der Waals surface area contributed by atoms with Crippen LogP contribution in [0.15, 0.2) is 36.5 Å². The van der Waals surface area contributed by atoms with Crippen molar-refractivity contribution in [3.05, 3.63) is 53.2 Å². The van der Waals surface area contributed by atoms with E-state index < -0.39 is 0 Å². The van der Waals surface area contributed by atoms with Gasteiger partial charge in [0, 0.05) is 38.8 Å². The highest BCUT2D eigenvalue weighted by molar-refractivity contribution is 5.80. The lowest BCUT2D eigenvalue weighted by Crippen LogP contribution is -2.44. The number of ether oxygens (including phenoxy) is 1. The summed E-state index contributed by atoms with van der Waals surface area (Å²) in [6.07, 6.45) is 3.35. The van der Waals surface area contributed by atoms with E-state index in [2.05, 4.69) is 16.4 Å². The second-order valence-corrected chi connectivity index (χ2v) is 7.45. The first-order chi connectivity index (χ1) is 13.4. The highest BCUT2D eigenvalue weighted by Crippen LogP contribution is 2.23. The number of amides is 2. The summed E-state index contributed by atoms with van der Waals surface area (Å²) in [5, 5.41) is 2.98. The molecular weight excluding hydrogens is 354 g/mol. The molecule has 0 saturated carbocycles. The van der Waals surface area contributed by atoms with Gasteiger partial charge < -0.3 is 15.0 Å². The minimum atomic E-state index is -0.148.